The van der Waals surface area contributed by atoms with E-state index < -0.39 is 17.6 Å². The zero-order valence-electron chi connectivity index (χ0n) is 15.7. The molecule has 1 saturated heterocycles. The van der Waals surface area contributed by atoms with Crippen LogP contribution in [0.3, 0.4) is 0 Å². The van der Waals surface area contributed by atoms with E-state index in [-0.39, 0.29) is 16.4 Å². The highest BCUT2D eigenvalue weighted by Gasteiger charge is 2.34. The molecule has 1 aliphatic rings. The normalized spacial score (nSPS) is 15.5. The van der Waals surface area contributed by atoms with E-state index in [1.165, 1.54) is 30.2 Å². The molecular formula is C22H15FN2O4S. The number of amides is 2. The lowest BCUT2D eigenvalue weighted by atomic mass is 10.1. The first-order chi connectivity index (χ1) is 14.5. The summed E-state index contributed by atoms with van der Waals surface area (Å²) in [6, 6.07) is 15.8. The zero-order valence-corrected chi connectivity index (χ0v) is 16.5. The van der Waals surface area contributed by atoms with Gasteiger partial charge in [-0.2, -0.15) is 0 Å². The van der Waals surface area contributed by atoms with Crippen molar-refractivity contribution in [3.05, 3.63) is 77.8 Å². The number of rotatable bonds is 4. The summed E-state index contributed by atoms with van der Waals surface area (Å²) in [6.45, 7) is 0. The Morgan fingerprint density at radius 2 is 1.87 bits per heavy atom. The highest BCUT2D eigenvalue weighted by molar-refractivity contribution is 7.80. The van der Waals surface area contributed by atoms with Gasteiger partial charge >= 0.3 is 0 Å². The van der Waals surface area contributed by atoms with E-state index in [4.69, 9.17) is 21.4 Å². The van der Waals surface area contributed by atoms with Crippen molar-refractivity contribution in [3.8, 4) is 17.1 Å². The van der Waals surface area contributed by atoms with Crippen molar-refractivity contribution in [1.29, 1.82) is 0 Å². The van der Waals surface area contributed by atoms with Crippen LogP contribution in [0.25, 0.3) is 17.4 Å². The third-order valence-corrected chi connectivity index (χ3v) is 4.74. The minimum Gasteiger partial charge on any atom is -0.497 e. The largest absolute Gasteiger partial charge is 0.497 e. The third-order valence-electron chi connectivity index (χ3n) is 4.45. The van der Waals surface area contributed by atoms with Gasteiger partial charge in [-0.25, -0.2) is 4.39 Å². The smallest absolute Gasteiger partial charge is 0.270 e. The van der Waals surface area contributed by atoms with Gasteiger partial charge in [0.2, 0.25) is 0 Å². The lowest BCUT2D eigenvalue weighted by Crippen LogP contribution is -2.54. The number of thiocarbonyl (C=S) groups is 1. The molecule has 0 saturated carbocycles. The van der Waals surface area contributed by atoms with Gasteiger partial charge in [0.25, 0.3) is 11.8 Å². The van der Waals surface area contributed by atoms with Crippen molar-refractivity contribution in [1.82, 2.24) is 5.32 Å². The Bertz CT molecular complexity index is 1180. The van der Waals surface area contributed by atoms with Gasteiger partial charge in [-0.15, -0.1) is 0 Å². The van der Waals surface area contributed by atoms with Crippen LogP contribution in [0, 0.1) is 5.82 Å². The lowest BCUT2D eigenvalue weighted by Gasteiger charge is -2.28. The highest BCUT2D eigenvalue weighted by atomic mass is 32.1. The Morgan fingerprint density at radius 1 is 1.10 bits per heavy atom. The van der Waals surface area contributed by atoms with Crippen LogP contribution < -0.4 is 15.0 Å². The second kappa shape index (κ2) is 7.92. The molecule has 2 aromatic carbocycles. The van der Waals surface area contributed by atoms with Crippen molar-refractivity contribution < 1.29 is 23.1 Å². The van der Waals surface area contributed by atoms with Crippen molar-refractivity contribution in [2.24, 2.45) is 0 Å². The number of methoxy groups -OCH3 is 1. The number of carbonyl (C=O) groups excluding carboxylic acids is 2. The van der Waals surface area contributed by atoms with E-state index in [1.54, 1.807) is 48.5 Å². The fraction of sp³-hybridized carbons (Fsp3) is 0.0455. The summed E-state index contributed by atoms with van der Waals surface area (Å²) in [7, 11) is 1.54. The Hall–Kier alpha value is -3.78. The molecule has 0 radical (unpaired) electrons. The predicted octanol–water partition coefficient (Wildman–Crippen LogP) is 3.93. The SMILES string of the molecule is COc1ccc(N2C(=O)C(=Cc3ccc(-c4cccc(F)c4)o3)C(=O)NC2=S)cc1. The second-order valence-corrected chi connectivity index (χ2v) is 6.75. The molecule has 0 unspecified atom stereocenters. The van der Waals surface area contributed by atoms with E-state index in [1.807, 2.05) is 0 Å². The molecule has 30 heavy (non-hydrogen) atoms. The molecule has 1 aromatic heterocycles. The summed E-state index contributed by atoms with van der Waals surface area (Å²) in [5.41, 5.74) is 0.885. The van der Waals surface area contributed by atoms with E-state index in [9.17, 15) is 14.0 Å². The molecule has 3 aromatic rings. The number of hydrogen-bond donors (Lipinski definition) is 1. The molecule has 4 rings (SSSR count). The van der Waals surface area contributed by atoms with Crippen molar-refractivity contribution in [2.75, 3.05) is 12.0 Å². The van der Waals surface area contributed by atoms with E-state index in [0.29, 0.717) is 22.8 Å². The van der Waals surface area contributed by atoms with Gasteiger partial charge in [-0.1, -0.05) is 12.1 Å². The number of halogens is 1. The van der Waals surface area contributed by atoms with Crippen molar-refractivity contribution in [3.63, 3.8) is 0 Å². The maximum absolute atomic E-state index is 13.4. The molecule has 2 heterocycles. The minimum atomic E-state index is -0.626. The molecule has 6 nitrogen and oxygen atoms in total. The zero-order chi connectivity index (χ0) is 21.3. The third kappa shape index (κ3) is 3.72. The van der Waals surface area contributed by atoms with Crippen LogP contribution in [-0.2, 0) is 9.59 Å². The number of anilines is 1. The number of ether oxygens (including phenoxy) is 1. The molecule has 1 fully saturated rings. The summed E-state index contributed by atoms with van der Waals surface area (Å²) in [5, 5.41) is 2.49. The molecular weight excluding hydrogens is 407 g/mol. The van der Waals surface area contributed by atoms with Crippen LogP contribution in [-0.4, -0.2) is 24.0 Å². The molecule has 2 amide bonds. The maximum atomic E-state index is 13.4. The molecule has 0 spiro atoms. The van der Waals surface area contributed by atoms with Crippen LogP contribution in [0.1, 0.15) is 5.76 Å². The Balaban J connectivity index is 1.66. The molecule has 0 bridgehead atoms. The Kier molecular flexibility index (Phi) is 5.16. The summed E-state index contributed by atoms with van der Waals surface area (Å²) in [4.78, 5) is 26.6. The molecule has 1 aliphatic heterocycles. The molecule has 0 atom stereocenters. The average Bonchev–Trinajstić information content (AvgIpc) is 3.20. The number of nitrogens with zero attached hydrogens (tertiary/aromatic N) is 1. The first-order valence-corrected chi connectivity index (χ1v) is 9.28. The van der Waals surface area contributed by atoms with E-state index in [2.05, 4.69) is 5.32 Å². The van der Waals surface area contributed by atoms with Gasteiger partial charge in [-0.05, 0) is 66.8 Å². The van der Waals surface area contributed by atoms with Gasteiger partial charge in [0.1, 0.15) is 28.7 Å². The first kappa shape index (κ1) is 19.5. The van der Waals surface area contributed by atoms with Gasteiger partial charge in [0.15, 0.2) is 5.11 Å². The number of furan rings is 1. The first-order valence-electron chi connectivity index (χ1n) is 8.87. The highest BCUT2D eigenvalue weighted by Crippen LogP contribution is 2.27. The summed E-state index contributed by atoms with van der Waals surface area (Å²) in [5.74, 6) is -0.303. The van der Waals surface area contributed by atoms with Gasteiger partial charge in [0, 0.05) is 5.56 Å². The molecule has 8 heteroatoms. The van der Waals surface area contributed by atoms with Gasteiger partial charge < -0.3 is 9.15 Å². The minimum absolute atomic E-state index is 0.0211. The van der Waals surface area contributed by atoms with Crippen LogP contribution in [0.4, 0.5) is 10.1 Å². The Morgan fingerprint density at radius 3 is 2.57 bits per heavy atom. The fourth-order valence-corrected chi connectivity index (χ4v) is 3.27. The number of nitrogens with one attached hydrogen (secondary N) is 1. The molecule has 0 aliphatic carbocycles. The monoisotopic (exact) mass is 422 g/mol. The average molecular weight is 422 g/mol. The summed E-state index contributed by atoms with van der Waals surface area (Å²) < 4.78 is 24.2. The fourth-order valence-electron chi connectivity index (χ4n) is 2.99. The van der Waals surface area contributed by atoms with E-state index >= 15 is 0 Å². The van der Waals surface area contributed by atoms with Crippen molar-refractivity contribution >= 4 is 40.9 Å². The maximum Gasteiger partial charge on any atom is 0.270 e. The molecule has 1 N–H and O–H groups in total. The summed E-state index contributed by atoms with van der Waals surface area (Å²) in [6.07, 6.45) is 1.33. The quantitative estimate of drug-likeness (QED) is 0.392. The number of hydrogen-bond acceptors (Lipinski definition) is 5. The molecule has 150 valence electrons. The van der Waals surface area contributed by atoms with Crippen LogP contribution in [0.5, 0.6) is 5.75 Å². The second-order valence-electron chi connectivity index (χ2n) is 6.37. The van der Waals surface area contributed by atoms with Crippen LogP contribution in [0.15, 0.2) is 70.7 Å². The van der Waals surface area contributed by atoms with Crippen LogP contribution in [0.2, 0.25) is 0 Å². The lowest BCUT2D eigenvalue weighted by molar-refractivity contribution is -0.122. The number of carbonyl (C=O) groups is 2. The predicted molar refractivity (Wildman–Crippen MR) is 113 cm³/mol. The standard InChI is InChI=1S/C22H15FN2O4S/c1-28-16-7-5-15(6-8-16)25-21(27)18(20(26)24-22(25)30)12-17-9-10-19(29-17)13-3-2-4-14(23)11-13/h2-12H,1H3,(H,24,26,30). The topological polar surface area (TPSA) is 71.8 Å². The number of benzene rings is 2. The van der Waals surface area contributed by atoms with Crippen molar-refractivity contribution in [2.45, 2.75) is 0 Å². The van der Waals surface area contributed by atoms with Crippen LogP contribution >= 0.6 is 12.2 Å². The Labute approximate surface area is 176 Å². The van der Waals surface area contributed by atoms with E-state index in [0.717, 1.165) is 0 Å². The van der Waals surface area contributed by atoms with Gasteiger partial charge in [-0.3, -0.25) is 19.8 Å². The van der Waals surface area contributed by atoms with Gasteiger partial charge in [0.05, 0.1) is 12.8 Å². The summed E-state index contributed by atoms with van der Waals surface area (Å²) >= 11 is 5.18.